The minimum Gasteiger partial charge on any atom is -0.452 e. The van der Waals surface area contributed by atoms with Gasteiger partial charge in [-0.05, 0) is 30.7 Å². The fourth-order valence-corrected chi connectivity index (χ4v) is 2.11. The van der Waals surface area contributed by atoms with Gasteiger partial charge in [0.1, 0.15) is 0 Å². The first-order chi connectivity index (χ1) is 11.5. The molecule has 2 N–H and O–H groups in total. The molecule has 0 atom stereocenters. The number of benzene rings is 2. The molecule has 0 saturated heterocycles. The quantitative estimate of drug-likeness (QED) is 0.657. The Kier molecular flexibility index (Phi) is 5.92. The first-order valence-electron chi connectivity index (χ1n) is 7.05. The summed E-state index contributed by atoms with van der Waals surface area (Å²) in [5.74, 6) is -1.85. The topological polar surface area (TPSA) is 84.5 Å². The van der Waals surface area contributed by atoms with Gasteiger partial charge in [0.25, 0.3) is 11.8 Å². The van der Waals surface area contributed by atoms with E-state index in [2.05, 4.69) is 10.9 Å². The summed E-state index contributed by atoms with van der Waals surface area (Å²) < 4.78 is 4.90. The van der Waals surface area contributed by atoms with Crippen LogP contribution in [0.5, 0.6) is 0 Å². The van der Waals surface area contributed by atoms with Gasteiger partial charge in [0.05, 0.1) is 16.1 Å². The van der Waals surface area contributed by atoms with E-state index in [0.29, 0.717) is 5.56 Å². The highest BCUT2D eigenvalue weighted by Crippen LogP contribution is 2.14. The first-order valence-corrected chi connectivity index (χ1v) is 7.43. The maximum atomic E-state index is 11.9. The number of hydrogen-bond acceptors (Lipinski definition) is 4. The number of esters is 1. The summed E-state index contributed by atoms with van der Waals surface area (Å²) in [5, 5.41) is 0.259. The second-order valence-corrected chi connectivity index (χ2v) is 5.28. The van der Waals surface area contributed by atoms with Crippen LogP contribution in [-0.2, 0) is 9.53 Å². The number of carbonyl (C=O) groups is 3. The van der Waals surface area contributed by atoms with Crippen molar-refractivity contribution in [3.8, 4) is 0 Å². The van der Waals surface area contributed by atoms with Gasteiger partial charge in [-0.3, -0.25) is 20.4 Å². The van der Waals surface area contributed by atoms with Crippen molar-refractivity contribution in [2.24, 2.45) is 0 Å². The van der Waals surface area contributed by atoms with Crippen molar-refractivity contribution in [3.05, 3.63) is 70.2 Å². The van der Waals surface area contributed by atoms with Crippen molar-refractivity contribution in [2.75, 3.05) is 6.61 Å². The zero-order chi connectivity index (χ0) is 17.5. The van der Waals surface area contributed by atoms with Gasteiger partial charge in [-0.2, -0.15) is 0 Å². The molecular formula is C17H15ClN2O4. The van der Waals surface area contributed by atoms with Crippen LogP contribution in [0, 0.1) is 6.92 Å². The number of carbonyl (C=O) groups excluding carboxylic acids is 3. The summed E-state index contributed by atoms with van der Waals surface area (Å²) in [7, 11) is 0. The highest BCUT2D eigenvalue weighted by molar-refractivity contribution is 6.33. The number of hydrogen-bond donors (Lipinski definition) is 2. The molecule has 24 heavy (non-hydrogen) atoms. The van der Waals surface area contributed by atoms with E-state index in [-0.39, 0.29) is 10.6 Å². The van der Waals surface area contributed by atoms with Crippen molar-refractivity contribution in [1.82, 2.24) is 10.9 Å². The van der Waals surface area contributed by atoms with Crippen LogP contribution in [0.4, 0.5) is 0 Å². The number of amides is 2. The monoisotopic (exact) mass is 346 g/mol. The predicted octanol–water partition coefficient (Wildman–Crippen LogP) is 2.27. The second-order valence-electron chi connectivity index (χ2n) is 4.87. The van der Waals surface area contributed by atoms with Crippen molar-refractivity contribution in [3.63, 3.8) is 0 Å². The van der Waals surface area contributed by atoms with Gasteiger partial charge in [0, 0.05) is 0 Å². The largest absolute Gasteiger partial charge is 0.452 e. The van der Waals surface area contributed by atoms with Crippen LogP contribution in [0.25, 0.3) is 0 Å². The standard InChI is InChI=1S/C17H15ClN2O4/c1-11-6-2-3-7-12(11)17(23)24-10-15(21)19-20-16(22)13-8-4-5-9-14(13)18/h2-9H,10H2,1H3,(H,19,21)(H,20,22). The molecule has 7 heteroatoms. The molecule has 0 unspecified atom stereocenters. The third-order valence-electron chi connectivity index (χ3n) is 3.13. The van der Waals surface area contributed by atoms with Crippen LogP contribution < -0.4 is 10.9 Å². The minimum absolute atomic E-state index is 0.219. The van der Waals surface area contributed by atoms with E-state index in [0.717, 1.165) is 5.56 Å². The molecule has 0 saturated carbocycles. The van der Waals surface area contributed by atoms with E-state index in [9.17, 15) is 14.4 Å². The molecule has 0 aliphatic rings. The molecule has 0 bridgehead atoms. The van der Waals surface area contributed by atoms with Crippen LogP contribution in [0.15, 0.2) is 48.5 Å². The fourth-order valence-electron chi connectivity index (χ4n) is 1.89. The van der Waals surface area contributed by atoms with E-state index in [1.807, 2.05) is 0 Å². The Bertz CT molecular complexity index is 713. The Hall–Kier alpha value is -2.86. The van der Waals surface area contributed by atoms with E-state index in [4.69, 9.17) is 16.3 Å². The zero-order valence-electron chi connectivity index (χ0n) is 12.8. The molecule has 0 heterocycles. The molecule has 0 radical (unpaired) electrons. The summed E-state index contributed by atoms with van der Waals surface area (Å²) in [5.41, 5.74) is 5.70. The minimum atomic E-state index is -0.669. The van der Waals surface area contributed by atoms with Gasteiger partial charge in [-0.25, -0.2) is 4.79 Å². The zero-order valence-corrected chi connectivity index (χ0v) is 13.6. The molecule has 2 amide bonds. The Morgan fingerprint density at radius 3 is 2.25 bits per heavy atom. The lowest BCUT2D eigenvalue weighted by Gasteiger charge is -2.09. The average Bonchev–Trinajstić information content (AvgIpc) is 2.58. The summed E-state index contributed by atoms with van der Waals surface area (Å²) in [6, 6.07) is 13.3. The van der Waals surface area contributed by atoms with Crippen LogP contribution >= 0.6 is 11.6 Å². The van der Waals surface area contributed by atoms with Crippen molar-refractivity contribution in [2.45, 2.75) is 6.92 Å². The van der Waals surface area contributed by atoms with Crippen LogP contribution in [0.2, 0.25) is 5.02 Å². The Morgan fingerprint density at radius 2 is 1.58 bits per heavy atom. The smallest absolute Gasteiger partial charge is 0.338 e. The van der Waals surface area contributed by atoms with Gasteiger partial charge in [-0.15, -0.1) is 0 Å². The summed E-state index contributed by atoms with van der Waals surface area (Å²) in [6.07, 6.45) is 0. The van der Waals surface area contributed by atoms with Crippen molar-refractivity contribution >= 4 is 29.4 Å². The molecule has 0 fully saturated rings. The van der Waals surface area contributed by atoms with Crippen molar-refractivity contribution in [1.29, 1.82) is 0 Å². The number of rotatable bonds is 4. The van der Waals surface area contributed by atoms with Gasteiger partial charge in [-0.1, -0.05) is 41.9 Å². The van der Waals surface area contributed by atoms with Gasteiger partial charge in [0.2, 0.25) is 0 Å². The lowest BCUT2D eigenvalue weighted by Crippen LogP contribution is -2.43. The maximum absolute atomic E-state index is 11.9. The number of ether oxygens (including phenoxy) is 1. The molecule has 0 aliphatic heterocycles. The van der Waals surface area contributed by atoms with Gasteiger partial charge >= 0.3 is 5.97 Å². The van der Waals surface area contributed by atoms with E-state index in [1.165, 1.54) is 6.07 Å². The summed E-state index contributed by atoms with van der Waals surface area (Å²) >= 11 is 5.88. The SMILES string of the molecule is Cc1ccccc1C(=O)OCC(=O)NNC(=O)c1ccccc1Cl. The van der Waals surface area contributed by atoms with Crippen LogP contribution in [0.1, 0.15) is 26.3 Å². The lowest BCUT2D eigenvalue weighted by molar-refractivity contribution is -0.125. The molecule has 2 aromatic rings. The second kappa shape index (κ2) is 8.12. The van der Waals surface area contributed by atoms with Crippen LogP contribution in [0.3, 0.4) is 0 Å². The molecular weight excluding hydrogens is 332 g/mol. The Balaban J connectivity index is 1.82. The van der Waals surface area contributed by atoms with Crippen LogP contribution in [-0.4, -0.2) is 24.4 Å². The first kappa shape index (κ1) is 17.5. The third-order valence-corrected chi connectivity index (χ3v) is 3.46. The van der Waals surface area contributed by atoms with E-state index >= 15 is 0 Å². The summed E-state index contributed by atoms with van der Waals surface area (Å²) in [4.78, 5) is 35.4. The summed E-state index contributed by atoms with van der Waals surface area (Å²) in [6.45, 7) is 1.25. The lowest BCUT2D eigenvalue weighted by atomic mass is 10.1. The number of hydrazine groups is 1. The predicted molar refractivity (Wildman–Crippen MR) is 88.5 cm³/mol. The number of nitrogens with one attached hydrogen (secondary N) is 2. The molecule has 0 spiro atoms. The highest BCUT2D eigenvalue weighted by atomic mass is 35.5. The molecule has 124 valence electrons. The third kappa shape index (κ3) is 4.57. The Labute approximate surface area is 143 Å². The van der Waals surface area contributed by atoms with E-state index in [1.54, 1.807) is 49.4 Å². The highest BCUT2D eigenvalue weighted by Gasteiger charge is 2.13. The molecule has 2 aromatic carbocycles. The van der Waals surface area contributed by atoms with Gasteiger partial charge < -0.3 is 4.74 Å². The molecule has 6 nitrogen and oxygen atoms in total. The molecule has 0 aromatic heterocycles. The maximum Gasteiger partial charge on any atom is 0.338 e. The fraction of sp³-hybridized carbons (Fsp3) is 0.118. The number of halogens is 1. The molecule has 2 rings (SSSR count). The van der Waals surface area contributed by atoms with Gasteiger partial charge in [0.15, 0.2) is 6.61 Å². The van der Waals surface area contributed by atoms with Crippen molar-refractivity contribution < 1.29 is 19.1 Å². The normalized spacial score (nSPS) is 9.92. The van der Waals surface area contributed by atoms with E-state index < -0.39 is 24.4 Å². The molecule has 0 aliphatic carbocycles. The Morgan fingerprint density at radius 1 is 0.958 bits per heavy atom. The number of aryl methyl sites for hydroxylation is 1. The average molecular weight is 347 g/mol.